The van der Waals surface area contributed by atoms with Crippen LogP contribution in [0.2, 0.25) is 0 Å². The topological polar surface area (TPSA) is 30.5 Å². The van der Waals surface area contributed by atoms with Crippen molar-refractivity contribution in [3.8, 4) is 11.5 Å². The third kappa shape index (κ3) is 2.76. The Kier molecular flexibility index (Phi) is 3.54. The van der Waals surface area contributed by atoms with Crippen molar-refractivity contribution in [1.82, 2.24) is 5.32 Å². The molecular weight excluding hydrogens is 262 g/mol. The predicted molar refractivity (Wildman–Crippen MR) is 83.2 cm³/mol. The second-order valence-electron chi connectivity index (χ2n) is 6.85. The molecule has 1 aliphatic heterocycles. The van der Waals surface area contributed by atoms with Crippen LogP contribution in [0.3, 0.4) is 0 Å². The third-order valence-corrected chi connectivity index (χ3v) is 5.27. The lowest BCUT2D eigenvalue weighted by molar-refractivity contribution is 0.170. The van der Waals surface area contributed by atoms with Crippen molar-refractivity contribution in [2.24, 2.45) is 0 Å². The van der Waals surface area contributed by atoms with Gasteiger partial charge in [-0.3, -0.25) is 0 Å². The monoisotopic (exact) mass is 287 g/mol. The first-order valence-corrected chi connectivity index (χ1v) is 8.49. The summed E-state index contributed by atoms with van der Waals surface area (Å²) in [4.78, 5) is 0. The molecule has 0 aromatic heterocycles. The normalized spacial score (nSPS) is 23.8. The van der Waals surface area contributed by atoms with Crippen LogP contribution in [0.25, 0.3) is 0 Å². The fourth-order valence-electron chi connectivity index (χ4n) is 3.80. The van der Waals surface area contributed by atoms with Crippen LogP contribution < -0.4 is 14.8 Å². The minimum absolute atomic E-state index is 0.302. The number of nitrogens with one attached hydrogen (secondary N) is 1. The van der Waals surface area contributed by atoms with E-state index < -0.39 is 0 Å². The summed E-state index contributed by atoms with van der Waals surface area (Å²) in [5, 5.41) is 3.77. The molecule has 114 valence electrons. The molecule has 1 aromatic carbocycles. The average Bonchev–Trinajstić information content (AvgIpc) is 3.38. The molecule has 1 heterocycles. The molecule has 0 saturated heterocycles. The van der Waals surface area contributed by atoms with E-state index in [4.69, 9.17) is 9.47 Å². The average molecular weight is 287 g/mol. The fraction of sp³-hybridized carbons (Fsp3) is 0.667. The van der Waals surface area contributed by atoms with Crippen molar-refractivity contribution >= 4 is 0 Å². The van der Waals surface area contributed by atoms with Gasteiger partial charge in [-0.15, -0.1) is 0 Å². The summed E-state index contributed by atoms with van der Waals surface area (Å²) < 4.78 is 11.5. The molecule has 0 amide bonds. The van der Waals surface area contributed by atoms with E-state index in [-0.39, 0.29) is 0 Å². The number of hydrogen-bond donors (Lipinski definition) is 1. The van der Waals surface area contributed by atoms with E-state index in [1.54, 1.807) is 0 Å². The standard InChI is InChI=1S/C18H25NO2/c1-2-8-18(9-3-1,13-19-15-5-6-15)14-4-7-16-17(12-14)21-11-10-20-16/h4,7,12,15,19H,1-3,5-6,8-11,13H2. The van der Waals surface area contributed by atoms with Gasteiger partial charge in [-0.2, -0.15) is 0 Å². The number of rotatable bonds is 4. The molecule has 3 aliphatic rings. The van der Waals surface area contributed by atoms with Gasteiger partial charge in [0.25, 0.3) is 0 Å². The predicted octanol–water partition coefficient (Wildman–Crippen LogP) is 3.41. The molecule has 0 unspecified atom stereocenters. The van der Waals surface area contributed by atoms with Crippen LogP contribution in [0, 0.1) is 0 Å². The number of hydrogen-bond acceptors (Lipinski definition) is 3. The molecule has 2 fully saturated rings. The van der Waals surface area contributed by atoms with Gasteiger partial charge in [0.05, 0.1) is 0 Å². The van der Waals surface area contributed by atoms with E-state index >= 15 is 0 Å². The Balaban J connectivity index is 1.61. The van der Waals surface area contributed by atoms with Crippen molar-refractivity contribution < 1.29 is 9.47 Å². The minimum atomic E-state index is 0.302. The van der Waals surface area contributed by atoms with E-state index in [9.17, 15) is 0 Å². The lowest BCUT2D eigenvalue weighted by atomic mass is 9.69. The molecule has 4 rings (SSSR count). The zero-order valence-corrected chi connectivity index (χ0v) is 12.7. The Hall–Kier alpha value is -1.22. The van der Waals surface area contributed by atoms with Crippen molar-refractivity contribution in [3.63, 3.8) is 0 Å². The van der Waals surface area contributed by atoms with Crippen LogP contribution in [0.4, 0.5) is 0 Å². The quantitative estimate of drug-likeness (QED) is 0.920. The Morgan fingerprint density at radius 2 is 1.76 bits per heavy atom. The summed E-state index contributed by atoms with van der Waals surface area (Å²) in [5.41, 5.74) is 1.75. The molecular formula is C18H25NO2. The summed E-state index contributed by atoms with van der Waals surface area (Å²) in [7, 11) is 0. The Morgan fingerprint density at radius 1 is 1.00 bits per heavy atom. The van der Waals surface area contributed by atoms with Gasteiger partial charge in [0.1, 0.15) is 13.2 Å². The first-order chi connectivity index (χ1) is 10.4. The second-order valence-corrected chi connectivity index (χ2v) is 6.85. The molecule has 2 aliphatic carbocycles. The maximum absolute atomic E-state index is 5.79. The molecule has 1 N–H and O–H groups in total. The van der Waals surface area contributed by atoms with E-state index in [1.807, 2.05) is 0 Å². The van der Waals surface area contributed by atoms with Gasteiger partial charge < -0.3 is 14.8 Å². The Bertz CT molecular complexity index is 504. The molecule has 3 nitrogen and oxygen atoms in total. The zero-order chi connectivity index (χ0) is 14.1. The van der Waals surface area contributed by atoms with Gasteiger partial charge in [-0.25, -0.2) is 0 Å². The SMILES string of the molecule is c1cc2c(cc1C1(CNC3CC3)CCCCC1)OCCO2. The smallest absolute Gasteiger partial charge is 0.161 e. The van der Waals surface area contributed by atoms with Crippen LogP contribution in [0.5, 0.6) is 11.5 Å². The Morgan fingerprint density at radius 3 is 2.52 bits per heavy atom. The van der Waals surface area contributed by atoms with Gasteiger partial charge >= 0.3 is 0 Å². The van der Waals surface area contributed by atoms with Crippen LogP contribution in [-0.2, 0) is 5.41 Å². The summed E-state index contributed by atoms with van der Waals surface area (Å²) in [6.07, 6.45) is 9.39. The summed E-state index contributed by atoms with van der Waals surface area (Å²) in [6.45, 7) is 2.46. The largest absolute Gasteiger partial charge is 0.486 e. The highest BCUT2D eigenvalue weighted by molar-refractivity contribution is 5.46. The van der Waals surface area contributed by atoms with E-state index in [2.05, 4.69) is 23.5 Å². The minimum Gasteiger partial charge on any atom is -0.486 e. The van der Waals surface area contributed by atoms with E-state index in [0.717, 1.165) is 24.1 Å². The fourth-order valence-corrected chi connectivity index (χ4v) is 3.80. The van der Waals surface area contributed by atoms with Crippen molar-refractivity contribution in [2.45, 2.75) is 56.4 Å². The van der Waals surface area contributed by atoms with Crippen molar-refractivity contribution in [1.29, 1.82) is 0 Å². The highest BCUT2D eigenvalue weighted by atomic mass is 16.6. The van der Waals surface area contributed by atoms with Gasteiger partial charge in [0.2, 0.25) is 0 Å². The molecule has 0 atom stereocenters. The third-order valence-electron chi connectivity index (χ3n) is 5.27. The lowest BCUT2D eigenvalue weighted by Crippen LogP contribution is -2.40. The number of ether oxygens (including phenoxy) is 2. The molecule has 2 saturated carbocycles. The lowest BCUT2D eigenvalue weighted by Gasteiger charge is -2.39. The molecule has 0 bridgehead atoms. The zero-order valence-electron chi connectivity index (χ0n) is 12.7. The highest BCUT2D eigenvalue weighted by Crippen LogP contribution is 2.43. The molecule has 1 aromatic rings. The molecule has 21 heavy (non-hydrogen) atoms. The van der Waals surface area contributed by atoms with Gasteiger partial charge in [0, 0.05) is 18.0 Å². The van der Waals surface area contributed by atoms with Gasteiger partial charge in [-0.1, -0.05) is 25.3 Å². The molecule has 3 heteroatoms. The first kappa shape index (κ1) is 13.4. The van der Waals surface area contributed by atoms with E-state index in [1.165, 1.54) is 50.5 Å². The summed E-state index contributed by atoms with van der Waals surface area (Å²) in [5.74, 6) is 1.85. The van der Waals surface area contributed by atoms with Crippen LogP contribution in [0.15, 0.2) is 18.2 Å². The number of fused-ring (bicyclic) bond motifs is 1. The van der Waals surface area contributed by atoms with Crippen molar-refractivity contribution in [3.05, 3.63) is 23.8 Å². The maximum atomic E-state index is 5.79. The Labute approximate surface area is 127 Å². The van der Waals surface area contributed by atoms with Crippen LogP contribution in [-0.4, -0.2) is 25.8 Å². The van der Waals surface area contributed by atoms with Gasteiger partial charge in [0.15, 0.2) is 11.5 Å². The molecule has 0 radical (unpaired) electrons. The van der Waals surface area contributed by atoms with Crippen LogP contribution >= 0.6 is 0 Å². The first-order valence-electron chi connectivity index (χ1n) is 8.49. The van der Waals surface area contributed by atoms with Crippen LogP contribution in [0.1, 0.15) is 50.5 Å². The highest BCUT2D eigenvalue weighted by Gasteiger charge is 2.36. The van der Waals surface area contributed by atoms with Crippen molar-refractivity contribution in [2.75, 3.05) is 19.8 Å². The van der Waals surface area contributed by atoms with E-state index in [0.29, 0.717) is 18.6 Å². The van der Waals surface area contributed by atoms with Gasteiger partial charge in [-0.05, 0) is 43.4 Å². The second kappa shape index (κ2) is 5.53. The summed E-state index contributed by atoms with van der Waals surface area (Å²) >= 11 is 0. The molecule has 0 spiro atoms. The maximum Gasteiger partial charge on any atom is 0.161 e. The summed E-state index contributed by atoms with van der Waals surface area (Å²) in [6, 6.07) is 7.40. The number of benzene rings is 1.